The zero-order chi connectivity index (χ0) is 19.8. The first kappa shape index (κ1) is 18.0. The molecule has 1 aliphatic rings. The van der Waals surface area contributed by atoms with Crippen LogP contribution in [-0.2, 0) is 4.79 Å². The Morgan fingerprint density at radius 3 is 2.82 bits per heavy atom. The molecule has 3 heterocycles. The van der Waals surface area contributed by atoms with Gasteiger partial charge in [0.2, 0.25) is 0 Å². The summed E-state index contributed by atoms with van der Waals surface area (Å²) in [6, 6.07) is 10.2. The number of ether oxygens (including phenoxy) is 1. The van der Waals surface area contributed by atoms with Crippen LogP contribution in [0.4, 0.5) is 11.4 Å². The van der Waals surface area contributed by atoms with Crippen LogP contribution in [0.25, 0.3) is 5.82 Å². The van der Waals surface area contributed by atoms with Crippen LogP contribution in [0.1, 0.15) is 21.9 Å². The van der Waals surface area contributed by atoms with E-state index in [-0.39, 0.29) is 23.2 Å². The van der Waals surface area contributed by atoms with Crippen molar-refractivity contribution >= 4 is 34.8 Å². The lowest BCUT2D eigenvalue weighted by Crippen LogP contribution is -2.25. The molecule has 2 amide bonds. The number of pyridine rings is 1. The third kappa shape index (κ3) is 3.41. The highest BCUT2D eigenvalue weighted by Crippen LogP contribution is 2.30. The van der Waals surface area contributed by atoms with Gasteiger partial charge in [0.25, 0.3) is 11.8 Å². The van der Waals surface area contributed by atoms with Gasteiger partial charge in [0.15, 0.2) is 12.4 Å². The summed E-state index contributed by atoms with van der Waals surface area (Å²) in [5.41, 5.74) is 2.78. The van der Waals surface area contributed by atoms with Gasteiger partial charge in [-0.05, 0) is 50.2 Å². The molecule has 1 aliphatic heterocycles. The molecule has 3 aromatic rings. The number of aryl methyl sites for hydroxylation is 2. The average molecular weight is 398 g/mol. The minimum absolute atomic E-state index is 0.0304. The Labute approximate surface area is 165 Å². The van der Waals surface area contributed by atoms with Crippen molar-refractivity contribution < 1.29 is 14.3 Å². The standard InChI is InChI=1S/C19H16ClN5O3/c1-10-7-11(2)25(24-10)16-6-4-13(20)18(23-16)19(27)21-12-3-5-15-14(8-12)22-17(26)9-28-15/h3-8H,9H2,1-2H3,(H,21,27)(H,22,26). The summed E-state index contributed by atoms with van der Waals surface area (Å²) in [4.78, 5) is 28.6. The SMILES string of the molecule is Cc1cc(C)n(-c2ccc(Cl)c(C(=O)Nc3ccc4c(c3)NC(=O)CO4)n2)n1. The van der Waals surface area contributed by atoms with Gasteiger partial charge in [-0.1, -0.05) is 11.6 Å². The summed E-state index contributed by atoms with van der Waals surface area (Å²) in [6.07, 6.45) is 0. The van der Waals surface area contributed by atoms with Gasteiger partial charge in [-0.3, -0.25) is 9.59 Å². The number of fused-ring (bicyclic) bond motifs is 1. The minimum Gasteiger partial charge on any atom is -0.482 e. The zero-order valence-electron chi connectivity index (χ0n) is 15.1. The van der Waals surface area contributed by atoms with Crippen molar-refractivity contribution in [2.45, 2.75) is 13.8 Å². The van der Waals surface area contributed by atoms with E-state index in [1.54, 1.807) is 35.0 Å². The van der Waals surface area contributed by atoms with Crippen LogP contribution < -0.4 is 15.4 Å². The fourth-order valence-electron chi connectivity index (χ4n) is 2.92. The Hall–Kier alpha value is -3.39. The topological polar surface area (TPSA) is 98.1 Å². The van der Waals surface area contributed by atoms with Crippen LogP contribution in [0, 0.1) is 13.8 Å². The van der Waals surface area contributed by atoms with Gasteiger partial charge in [-0.2, -0.15) is 5.10 Å². The van der Waals surface area contributed by atoms with E-state index in [1.807, 2.05) is 19.9 Å². The van der Waals surface area contributed by atoms with E-state index in [0.29, 0.717) is 22.9 Å². The Bertz CT molecular complexity index is 1110. The third-order valence-electron chi connectivity index (χ3n) is 4.14. The number of hydrogen-bond donors (Lipinski definition) is 2. The monoisotopic (exact) mass is 397 g/mol. The molecule has 0 saturated carbocycles. The number of anilines is 2. The van der Waals surface area contributed by atoms with E-state index in [1.165, 1.54) is 0 Å². The number of hydrogen-bond acceptors (Lipinski definition) is 5. The van der Waals surface area contributed by atoms with Crippen LogP contribution in [0.15, 0.2) is 36.4 Å². The molecule has 28 heavy (non-hydrogen) atoms. The first-order valence-corrected chi connectivity index (χ1v) is 8.87. The van der Waals surface area contributed by atoms with Crippen LogP contribution in [0.5, 0.6) is 5.75 Å². The van der Waals surface area contributed by atoms with Crippen LogP contribution >= 0.6 is 11.6 Å². The molecule has 142 valence electrons. The Balaban J connectivity index is 1.62. The second kappa shape index (κ2) is 6.97. The van der Waals surface area contributed by atoms with Crippen molar-refractivity contribution in [3.8, 4) is 11.6 Å². The van der Waals surface area contributed by atoms with Gasteiger partial charge < -0.3 is 15.4 Å². The molecule has 9 heteroatoms. The highest BCUT2D eigenvalue weighted by molar-refractivity contribution is 6.34. The number of amides is 2. The summed E-state index contributed by atoms with van der Waals surface area (Å²) < 4.78 is 6.96. The number of halogens is 1. The molecule has 2 aromatic heterocycles. The molecule has 0 aliphatic carbocycles. The summed E-state index contributed by atoms with van der Waals surface area (Å²) in [6.45, 7) is 3.75. The summed E-state index contributed by atoms with van der Waals surface area (Å²) >= 11 is 6.19. The summed E-state index contributed by atoms with van der Waals surface area (Å²) in [5.74, 6) is 0.307. The molecular formula is C19H16ClN5O3. The Morgan fingerprint density at radius 1 is 1.25 bits per heavy atom. The molecule has 1 aromatic carbocycles. The second-order valence-electron chi connectivity index (χ2n) is 6.34. The first-order chi connectivity index (χ1) is 13.4. The number of aromatic nitrogens is 3. The maximum atomic E-state index is 12.7. The maximum Gasteiger partial charge on any atom is 0.275 e. The van der Waals surface area contributed by atoms with Gasteiger partial charge in [-0.25, -0.2) is 9.67 Å². The number of rotatable bonds is 3. The highest BCUT2D eigenvalue weighted by atomic mass is 35.5. The normalized spacial score (nSPS) is 12.8. The highest BCUT2D eigenvalue weighted by Gasteiger charge is 2.19. The predicted octanol–water partition coefficient (Wildman–Crippen LogP) is 3.12. The quantitative estimate of drug-likeness (QED) is 0.707. The zero-order valence-corrected chi connectivity index (χ0v) is 15.9. The predicted molar refractivity (Wildman–Crippen MR) is 104 cm³/mol. The van der Waals surface area contributed by atoms with E-state index < -0.39 is 5.91 Å². The molecule has 0 fully saturated rings. The molecule has 0 spiro atoms. The molecule has 8 nitrogen and oxygen atoms in total. The summed E-state index contributed by atoms with van der Waals surface area (Å²) in [7, 11) is 0. The second-order valence-corrected chi connectivity index (χ2v) is 6.75. The number of carbonyl (C=O) groups excluding carboxylic acids is 2. The van der Waals surface area contributed by atoms with Gasteiger partial charge >= 0.3 is 0 Å². The van der Waals surface area contributed by atoms with Gasteiger partial charge in [0.1, 0.15) is 11.4 Å². The van der Waals surface area contributed by atoms with Crippen LogP contribution in [-0.4, -0.2) is 33.2 Å². The minimum atomic E-state index is -0.476. The number of benzene rings is 1. The molecule has 0 bridgehead atoms. The van der Waals surface area contributed by atoms with E-state index >= 15 is 0 Å². The van der Waals surface area contributed by atoms with E-state index in [2.05, 4.69) is 20.7 Å². The number of nitrogens with one attached hydrogen (secondary N) is 2. The van der Waals surface area contributed by atoms with Crippen molar-refractivity contribution in [3.05, 3.63) is 58.5 Å². The fourth-order valence-corrected chi connectivity index (χ4v) is 3.11. The smallest absolute Gasteiger partial charge is 0.275 e. The van der Waals surface area contributed by atoms with E-state index in [0.717, 1.165) is 11.4 Å². The lowest BCUT2D eigenvalue weighted by Gasteiger charge is -2.18. The van der Waals surface area contributed by atoms with Gasteiger partial charge in [0, 0.05) is 11.4 Å². The molecule has 0 saturated heterocycles. The van der Waals surface area contributed by atoms with E-state index in [4.69, 9.17) is 16.3 Å². The Kier molecular flexibility index (Phi) is 4.48. The van der Waals surface area contributed by atoms with Crippen molar-refractivity contribution in [2.75, 3.05) is 17.2 Å². The molecule has 4 rings (SSSR count). The fraction of sp³-hybridized carbons (Fsp3) is 0.158. The largest absolute Gasteiger partial charge is 0.482 e. The third-order valence-corrected chi connectivity index (χ3v) is 4.45. The lowest BCUT2D eigenvalue weighted by molar-refractivity contribution is -0.118. The molecule has 0 atom stereocenters. The lowest BCUT2D eigenvalue weighted by atomic mass is 10.2. The van der Waals surface area contributed by atoms with Crippen LogP contribution in [0.2, 0.25) is 5.02 Å². The van der Waals surface area contributed by atoms with Crippen molar-refractivity contribution in [3.63, 3.8) is 0 Å². The molecular weight excluding hydrogens is 382 g/mol. The first-order valence-electron chi connectivity index (χ1n) is 8.49. The maximum absolute atomic E-state index is 12.7. The molecule has 0 radical (unpaired) electrons. The molecule has 2 N–H and O–H groups in total. The summed E-state index contributed by atoms with van der Waals surface area (Å²) in [5, 5.41) is 10.0. The van der Waals surface area contributed by atoms with Crippen molar-refractivity contribution in [1.82, 2.24) is 14.8 Å². The number of nitrogens with zero attached hydrogens (tertiary/aromatic N) is 3. The van der Waals surface area contributed by atoms with Crippen LogP contribution in [0.3, 0.4) is 0 Å². The molecule has 0 unspecified atom stereocenters. The van der Waals surface area contributed by atoms with E-state index in [9.17, 15) is 9.59 Å². The Morgan fingerprint density at radius 2 is 2.07 bits per heavy atom. The van der Waals surface area contributed by atoms with Gasteiger partial charge in [0.05, 0.1) is 16.4 Å². The average Bonchev–Trinajstić information content (AvgIpc) is 3.00. The van der Waals surface area contributed by atoms with Crippen molar-refractivity contribution in [1.29, 1.82) is 0 Å². The van der Waals surface area contributed by atoms with Crippen molar-refractivity contribution in [2.24, 2.45) is 0 Å². The van der Waals surface area contributed by atoms with Gasteiger partial charge in [-0.15, -0.1) is 0 Å². The number of carbonyl (C=O) groups is 2.